The lowest BCUT2D eigenvalue weighted by atomic mass is 9.91. The summed E-state index contributed by atoms with van der Waals surface area (Å²) in [5.41, 5.74) is 17.8. The molecule has 0 radical (unpaired) electrons. The number of imide groups is 1. The Morgan fingerprint density at radius 2 is 0.757 bits per heavy atom. The molecule has 1 aliphatic rings. The van der Waals surface area contributed by atoms with Gasteiger partial charge in [0.25, 0.3) is 11.8 Å². The first-order chi connectivity index (χ1) is 51.7. The second kappa shape index (κ2) is 63.3. The number of ether oxygens (including phenoxy) is 5. The van der Waals surface area contributed by atoms with E-state index >= 15 is 0 Å². The van der Waals surface area contributed by atoms with Crippen molar-refractivity contribution in [3.05, 3.63) is 128 Å². The van der Waals surface area contributed by atoms with E-state index in [1.807, 2.05) is 13.8 Å². The van der Waals surface area contributed by atoms with Gasteiger partial charge in [0, 0.05) is 36.6 Å². The number of hydrogen-bond acceptors (Lipinski definition) is 26. The number of esters is 4. The highest BCUT2D eigenvalue weighted by Gasteiger charge is 2.37. The zero-order chi connectivity index (χ0) is 86.8. The summed E-state index contributed by atoms with van der Waals surface area (Å²) in [6.45, 7) is 39.8. The van der Waals surface area contributed by atoms with E-state index in [1.54, 1.807) is 111 Å². The average Bonchev–Trinajstić information content (AvgIpc) is 1.72. The number of carboxylic acid groups (broad SMARTS) is 4. The summed E-state index contributed by atoms with van der Waals surface area (Å²) in [4.78, 5) is 173. The Morgan fingerprint density at radius 3 is 1.02 bits per heavy atom. The van der Waals surface area contributed by atoms with Crippen LogP contribution in [0.2, 0.25) is 0 Å². The van der Waals surface area contributed by atoms with Gasteiger partial charge in [-0.15, -0.1) is 5.06 Å². The third-order valence-corrected chi connectivity index (χ3v) is 14.8. The molecule has 0 unspecified atom stereocenters. The van der Waals surface area contributed by atoms with Gasteiger partial charge in [0.15, 0.2) is 5.78 Å². The van der Waals surface area contributed by atoms with Crippen LogP contribution in [0.3, 0.4) is 0 Å². The molecular weight excluding hydrogens is 1480 g/mol. The predicted molar refractivity (Wildman–Crippen MR) is 411 cm³/mol. The topological polar surface area (TPSA) is 538 Å². The highest BCUT2D eigenvalue weighted by atomic mass is 35.5. The number of amides is 4. The van der Waals surface area contributed by atoms with Gasteiger partial charge in [-0.1, -0.05) is 169 Å². The number of aliphatic hydroxyl groups excluding tert-OH is 2. The summed E-state index contributed by atoms with van der Waals surface area (Å²) in [5, 5.41) is 56.8. The van der Waals surface area contributed by atoms with Crippen molar-refractivity contribution >= 4 is 106 Å². The maximum atomic E-state index is 12.5. The summed E-state index contributed by atoms with van der Waals surface area (Å²) in [6, 6.07) is 11.1. The molecule has 0 bridgehead atoms. The number of nitrogens with zero attached hydrogens (tertiary/aromatic N) is 1. The van der Waals surface area contributed by atoms with Crippen LogP contribution in [0.25, 0.3) is 0 Å². The molecular formula is C77H117ClN6O27. The van der Waals surface area contributed by atoms with Crippen LogP contribution in [0.5, 0.6) is 0 Å². The maximum absolute atomic E-state index is 12.5. The van der Waals surface area contributed by atoms with Gasteiger partial charge in [-0.3, -0.25) is 62.3 Å². The highest BCUT2D eigenvalue weighted by Crippen LogP contribution is 2.23. The molecule has 0 spiro atoms. The summed E-state index contributed by atoms with van der Waals surface area (Å²) < 4.78 is 23.5. The number of aliphatic carboxylic acids is 4. The van der Waals surface area contributed by atoms with Crippen molar-refractivity contribution in [3.63, 3.8) is 0 Å². The van der Waals surface area contributed by atoms with E-state index in [0.29, 0.717) is 5.06 Å². The van der Waals surface area contributed by atoms with Crippen LogP contribution in [-0.4, -0.2) is 181 Å². The Balaban J connectivity index is -0.000000405. The molecule has 2 aromatic carbocycles. The number of carbonyl (C=O) groups is 15. The minimum Gasteiger partial charge on any atom is -0.481 e. The number of aliphatic hydroxyl groups is 2. The van der Waals surface area contributed by atoms with Gasteiger partial charge in [0.2, 0.25) is 11.8 Å². The average molecular weight is 1590 g/mol. The molecule has 1 aliphatic heterocycles. The lowest BCUT2D eigenvalue weighted by Crippen LogP contribution is -2.44. The number of anilines is 1. The molecule has 1 saturated heterocycles. The second-order valence-electron chi connectivity index (χ2n) is 25.8. The Bertz CT molecular complexity index is 3250. The maximum Gasteiger partial charge on any atom is 0.404 e. The Morgan fingerprint density at radius 1 is 0.450 bits per heavy atom. The third kappa shape index (κ3) is 55.6. The van der Waals surface area contributed by atoms with Crippen molar-refractivity contribution in [3.8, 4) is 0 Å². The van der Waals surface area contributed by atoms with Gasteiger partial charge in [-0.2, -0.15) is 0 Å². The van der Waals surface area contributed by atoms with Crippen LogP contribution in [0.4, 0.5) is 10.5 Å². The number of nitrogens with one attached hydrogen (secondary N) is 2. The molecule has 0 aromatic heterocycles. The number of nitrogen functional groups attached to an aromatic ring is 1. The number of halogens is 1. The first-order valence-electron chi connectivity index (χ1n) is 35.0. The zero-order valence-electron chi connectivity index (χ0n) is 65.8. The number of nitrogens with two attached hydrogens (primary N) is 3. The monoisotopic (exact) mass is 1590 g/mol. The van der Waals surface area contributed by atoms with E-state index in [0.717, 1.165) is 22.4 Å². The summed E-state index contributed by atoms with van der Waals surface area (Å²) in [7, 11) is 0. The van der Waals surface area contributed by atoms with E-state index in [2.05, 4.69) is 48.3 Å². The highest BCUT2D eigenvalue weighted by molar-refractivity contribution is 6.61. The zero-order valence-corrected chi connectivity index (χ0v) is 66.5. The molecule has 111 heavy (non-hydrogen) atoms. The van der Waals surface area contributed by atoms with Gasteiger partial charge in [0.05, 0.1) is 68.6 Å². The van der Waals surface area contributed by atoms with Crippen molar-refractivity contribution in [2.24, 2.45) is 64.7 Å². The van der Waals surface area contributed by atoms with Gasteiger partial charge in [0.1, 0.15) is 51.2 Å². The molecule has 1 heterocycles. The normalized spacial score (nSPS) is 13.0. The molecule has 0 saturated carbocycles. The minimum absolute atomic E-state index is 0.0208. The SMILES string of the molecule is C=CCOC(=O)C[C@H](C(=O)N[C@@H](C)C(=O)Cc1ccc(CO)cc1)C(C)C.C=CCOC(=O)C[C@H](C(=O)N[C@@H](C)C(=O)O)C(C)C.C=CCOC(=O)C[C@H](C(=O)O)C(C)C.C=CCOC(=O)C[C@H](C(=O)ON1C(=O)CCC1=O)C(C)C.C=CCOC(=O)Cl.CC(C)[C@H](N)C(=O)O.C[C@H](N)C(=O)O.Nc1ccc(CO)cc1. The molecule has 4 amide bonds. The number of ketones is 1. The number of carboxylic acids is 4. The molecule has 34 heteroatoms. The fourth-order valence-corrected chi connectivity index (χ4v) is 7.83. The number of carbonyl (C=O) groups excluding carboxylic acids is 11. The Labute approximate surface area is 654 Å². The quantitative estimate of drug-likeness (QED) is 0.00779. The molecule has 8 atom stereocenters. The molecule has 2 aromatic rings. The summed E-state index contributed by atoms with van der Waals surface area (Å²) in [5.74, 6) is -11.9. The molecule has 14 N–H and O–H groups in total. The molecule has 33 nitrogen and oxygen atoms in total. The molecule has 624 valence electrons. The number of hydroxylamine groups is 2. The minimum atomic E-state index is -1.12. The molecule has 0 aliphatic carbocycles. The predicted octanol–water partition coefficient (Wildman–Crippen LogP) is 7.38. The van der Waals surface area contributed by atoms with Crippen LogP contribution in [0.1, 0.15) is 145 Å². The standard InChI is InChI=1S/C21H29NO5.C14H19NO6.C13H21NO5.C10H16O4.C7H9NO.C5H11NO2.C4H5ClO2.C3H7NO2/c1-5-10-27-20(25)12-18(14(2)3)21(26)22-15(4)19(24)11-16-6-8-17(13-23)9-7-16;1-4-7-20-13(18)8-10(9(2)3)14(19)21-15-11(16)5-6-12(15)17;1-5-6-19-11(15)7-10(8(2)3)12(16)14-9(4)13(17)18;1-4-5-14-9(11)6-8(7(2)3)10(12)13;8-7-3-1-6(5-9)2-4-7;1-3(2)4(6)5(7)8;1-2-3-7-4(5)6;1-2(4)3(5)6/h5-9,14-15,18,23H,1,10-13H2,2-4H3,(H,22,26);4,9-10H,1,5-8H2,2-3H3;5,8-10H,1,6-7H2,2-4H3,(H,14,16)(H,17,18);4,7-8H,1,5-6H2,2-3H3,(H,12,13);1-4,9H,5,8H2;3-4H,6H2,1-2H3,(H,7,8);2H,1,3H2;2H,4H2,1H3,(H,5,6)/t15-,18-;10-;9-,10-;8-;;4-;;2-/m0000.0.0/s1. The molecule has 3 rings (SSSR count). The second-order valence-corrected chi connectivity index (χ2v) is 26.1. The number of rotatable bonds is 38. The summed E-state index contributed by atoms with van der Waals surface area (Å²) in [6.07, 6.45) is 7.07. The van der Waals surface area contributed by atoms with Crippen LogP contribution in [-0.2, 0) is 115 Å². The van der Waals surface area contributed by atoms with E-state index in [-0.39, 0.29) is 132 Å². The fourth-order valence-electron chi connectivity index (χ4n) is 7.77. The number of hydrogen-bond donors (Lipinski definition) is 11. The number of Topliss-reactive ketones (excluding diaryl/α,β-unsaturated/α-hetero) is 1. The van der Waals surface area contributed by atoms with Crippen molar-refractivity contribution in [1.29, 1.82) is 0 Å². The summed E-state index contributed by atoms with van der Waals surface area (Å²) >= 11 is 4.75. The lowest BCUT2D eigenvalue weighted by molar-refractivity contribution is -0.202. The van der Waals surface area contributed by atoms with Gasteiger partial charge >= 0.3 is 59.2 Å². The smallest absolute Gasteiger partial charge is 0.404 e. The fraction of sp³-hybridized carbons (Fsp3) is 0.519. The van der Waals surface area contributed by atoms with Crippen molar-refractivity contribution in [1.82, 2.24) is 15.7 Å². The third-order valence-electron chi connectivity index (χ3n) is 14.7. The Hall–Kier alpha value is -10.5. The molecule has 1 fully saturated rings. The van der Waals surface area contributed by atoms with Gasteiger partial charge < -0.3 is 87.0 Å². The number of benzene rings is 2. The Kier molecular flexibility index (Phi) is 62.2. The van der Waals surface area contributed by atoms with Crippen LogP contribution in [0, 0.1) is 53.3 Å². The van der Waals surface area contributed by atoms with E-state index in [1.165, 1.54) is 44.2 Å². The first kappa shape index (κ1) is 109. The first-order valence-corrected chi connectivity index (χ1v) is 35.4. The van der Waals surface area contributed by atoms with Crippen LogP contribution < -0.4 is 27.8 Å². The van der Waals surface area contributed by atoms with Gasteiger partial charge in [-0.05, 0) is 79.2 Å². The largest absolute Gasteiger partial charge is 0.481 e. The van der Waals surface area contributed by atoms with E-state index in [9.17, 15) is 71.9 Å². The van der Waals surface area contributed by atoms with E-state index < -0.39 is 125 Å². The van der Waals surface area contributed by atoms with Crippen molar-refractivity contribution in [2.75, 3.05) is 38.8 Å². The van der Waals surface area contributed by atoms with Gasteiger partial charge in [-0.25, -0.2) is 9.59 Å². The van der Waals surface area contributed by atoms with E-state index in [4.69, 9.17) is 83.2 Å². The lowest BCUT2D eigenvalue weighted by Gasteiger charge is -2.22. The van der Waals surface area contributed by atoms with Crippen molar-refractivity contribution < 1.29 is 131 Å². The van der Waals surface area contributed by atoms with Crippen molar-refractivity contribution in [2.45, 2.75) is 172 Å². The van der Waals surface area contributed by atoms with Crippen LogP contribution >= 0.6 is 11.6 Å². The van der Waals surface area contributed by atoms with Crippen LogP contribution in [0.15, 0.2) is 112 Å².